The second-order valence-corrected chi connectivity index (χ2v) is 3.95. The van der Waals surface area contributed by atoms with Gasteiger partial charge in [0, 0.05) is 11.0 Å². The molecule has 1 aromatic carbocycles. The Balaban J connectivity index is 2.72. The first-order valence-corrected chi connectivity index (χ1v) is 4.99. The number of rotatable bonds is 3. The van der Waals surface area contributed by atoms with Crippen molar-refractivity contribution < 1.29 is 0 Å². The molecule has 0 fully saturated rings. The fourth-order valence-corrected chi connectivity index (χ4v) is 1.90. The second-order valence-electron chi connectivity index (χ2n) is 2.77. The Kier molecular flexibility index (Phi) is 4.06. The van der Waals surface area contributed by atoms with Crippen molar-refractivity contribution in [3.05, 3.63) is 33.8 Å². The van der Waals surface area contributed by atoms with Gasteiger partial charge in [-0.3, -0.25) is 0 Å². The quantitative estimate of drug-likeness (QED) is 0.811. The van der Waals surface area contributed by atoms with Gasteiger partial charge in [0.15, 0.2) is 0 Å². The van der Waals surface area contributed by atoms with Crippen LogP contribution in [0.3, 0.4) is 0 Å². The topological polar surface area (TPSA) is 12.0 Å². The zero-order chi connectivity index (χ0) is 8.97. The van der Waals surface area contributed by atoms with Crippen LogP contribution in [-0.4, -0.2) is 6.54 Å². The van der Waals surface area contributed by atoms with E-state index in [0.29, 0.717) is 0 Å². The normalized spacial score (nSPS) is 10.2. The van der Waals surface area contributed by atoms with Crippen LogP contribution in [0, 0.1) is 6.92 Å². The van der Waals surface area contributed by atoms with Crippen LogP contribution in [0.1, 0.15) is 11.1 Å². The van der Waals surface area contributed by atoms with Gasteiger partial charge in [-0.1, -0.05) is 22.0 Å². The minimum atomic E-state index is 0.803. The van der Waals surface area contributed by atoms with Crippen molar-refractivity contribution in [2.24, 2.45) is 0 Å². The third-order valence-corrected chi connectivity index (χ3v) is 2.26. The van der Waals surface area contributed by atoms with E-state index >= 15 is 0 Å². The number of halogens is 2. The van der Waals surface area contributed by atoms with Crippen molar-refractivity contribution in [1.29, 1.82) is 0 Å². The van der Waals surface area contributed by atoms with Gasteiger partial charge in [-0.2, -0.15) is 0 Å². The van der Waals surface area contributed by atoms with Crippen LogP contribution in [0.2, 0.25) is 0 Å². The molecule has 1 nitrogen and oxygen atoms in total. The van der Waals surface area contributed by atoms with Gasteiger partial charge in [0.1, 0.15) is 0 Å². The molecule has 0 aromatic heterocycles. The molecule has 0 atom stereocenters. The van der Waals surface area contributed by atoms with Crippen molar-refractivity contribution in [2.45, 2.75) is 13.3 Å². The van der Waals surface area contributed by atoms with E-state index < -0.39 is 0 Å². The highest BCUT2D eigenvalue weighted by atomic mass is 79.9. The van der Waals surface area contributed by atoms with Gasteiger partial charge >= 0.3 is 0 Å². The number of benzene rings is 1. The lowest BCUT2D eigenvalue weighted by molar-refractivity contribution is 0.897. The third-order valence-electron chi connectivity index (χ3n) is 1.61. The lowest BCUT2D eigenvalue weighted by Gasteiger charge is -2.02. The first-order chi connectivity index (χ1) is 5.72. The highest BCUT2D eigenvalue weighted by Crippen LogP contribution is 2.15. The van der Waals surface area contributed by atoms with E-state index in [4.69, 9.17) is 11.8 Å². The van der Waals surface area contributed by atoms with Crippen molar-refractivity contribution >= 4 is 27.7 Å². The second kappa shape index (κ2) is 4.85. The summed E-state index contributed by atoms with van der Waals surface area (Å²) in [5.41, 5.74) is 2.57. The van der Waals surface area contributed by atoms with Gasteiger partial charge in [0.05, 0.1) is 0 Å². The van der Waals surface area contributed by atoms with Gasteiger partial charge in [-0.25, -0.2) is 4.84 Å². The van der Waals surface area contributed by atoms with Crippen LogP contribution in [0.4, 0.5) is 0 Å². The summed E-state index contributed by atoms with van der Waals surface area (Å²) in [6.07, 6.45) is 0.962. The number of hydrogen-bond acceptors (Lipinski definition) is 1. The first kappa shape index (κ1) is 10.0. The molecule has 0 unspecified atom stereocenters. The lowest BCUT2D eigenvalue weighted by Crippen LogP contribution is -2.04. The Morgan fingerprint density at radius 2 is 2.17 bits per heavy atom. The van der Waals surface area contributed by atoms with Gasteiger partial charge in [-0.15, -0.1) is 0 Å². The number of aryl methyl sites for hydroxylation is 1. The number of nitrogens with one attached hydrogen (secondary N) is 1. The molecule has 0 saturated heterocycles. The zero-order valence-electron chi connectivity index (χ0n) is 6.90. The molecule has 0 aliphatic heterocycles. The van der Waals surface area contributed by atoms with Crippen LogP contribution in [0.5, 0.6) is 0 Å². The molecular formula is C9H11BrClN. The molecule has 66 valence electrons. The Hall–Kier alpha value is -0.0500. The van der Waals surface area contributed by atoms with Crippen LogP contribution in [0.25, 0.3) is 0 Å². The van der Waals surface area contributed by atoms with E-state index in [2.05, 4.69) is 45.9 Å². The summed E-state index contributed by atoms with van der Waals surface area (Å²) < 4.78 is 1.13. The number of hydrogen-bond donors (Lipinski definition) is 1. The molecule has 12 heavy (non-hydrogen) atoms. The monoisotopic (exact) mass is 247 g/mol. The summed E-state index contributed by atoms with van der Waals surface area (Å²) in [5, 5.41) is 0. The van der Waals surface area contributed by atoms with Gasteiger partial charge in [0.25, 0.3) is 0 Å². The van der Waals surface area contributed by atoms with Crippen molar-refractivity contribution in [3.8, 4) is 0 Å². The maximum Gasteiger partial charge on any atom is 0.0180 e. The van der Waals surface area contributed by atoms with Crippen LogP contribution in [0.15, 0.2) is 22.7 Å². The molecule has 1 rings (SSSR count). The molecule has 0 aliphatic rings. The van der Waals surface area contributed by atoms with E-state index in [1.54, 1.807) is 0 Å². The molecule has 1 aromatic rings. The summed E-state index contributed by atoms with van der Waals surface area (Å²) in [4.78, 5) is 2.61. The van der Waals surface area contributed by atoms with Gasteiger partial charge in [0.2, 0.25) is 0 Å². The minimum Gasteiger partial charge on any atom is -0.233 e. The van der Waals surface area contributed by atoms with Crippen LogP contribution >= 0.6 is 27.7 Å². The molecule has 0 radical (unpaired) electrons. The molecule has 1 N–H and O–H groups in total. The first-order valence-electron chi connectivity index (χ1n) is 3.82. The van der Waals surface area contributed by atoms with E-state index in [1.165, 1.54) is 11.1 Å². The summed E-state index contributed by atoms with van der Waals surface area (Å²) >= 11 is 8.82. The highest BCUT2D eigenvalue weighted by molar-refractivity contribution is 9.10. The molecule has 0 amide bonds. The fourth-order valence-electron chi connectivity index (χ4n) is 1.15. The fraction of sp³-hybridized carbons (Fsp3) is 0.333. The smallest absolute Gasteiger partial charge is 0.0180 e. The molecular weight excluding hydrogens is 237 g/mol. The Labute approximate surface area is 86.4 Å². The maximum atomic E-state index is 5.37. The van der Waals surface area contributed by atoms with Crippen LogP contribution < -0.4 is 4.84 Å². The Morgan fingerprint density at radius 3 is 2.75 bits per heavy atom. The standard InChI is InChI=1S/C9H11BrClN/c1-7-4-8(2-3-12-11)6-9(10)5-7/h4-6,12H,2-3H2,1H3. The van der Waals surface area contributed by atoms with E-state index in [-0.39, 0.29) is 0 Å². The lowest BCUT2D eigenvalue weighted by atomic mass is 10.1. The molecule has 0 heterocycles. The van der Waals surface area contributed by atoms with E-state index in [1.807, 2.05) is 0 Å². The van der Waals surface area contributed by atoms with E-state index in [0.717, 1.165) is 17.4 Å². The molecule has 0 spiro atoms. The van der Waals surface area contributed by atoms with Gasteiger partial charge < -0.3 is 0 Å². The predicted molar refractivity (Wildman–Crippen MR) is 56.4 cm³/mol. The molecule has 3 heteroatoms. The summed E-state index contributed by atoms with van der Waals surface area (Å²) in [7, 11) is 0. The van der Waals surface area contributed by atoms with Crippen molar-refractivity contribution in [2.75, 3.05) is 6.54 Å². The largest absolute Gasteiger partial charge is 0.233 e. The van der Waals surface area contributed by atoms with Crippen molar-refractivity contribution in [3.63, 3.8) is 0 Å². The van der Waals surface area contributed by atoms with Crippen LogP contribution in [-0.2, 0) is 6.42 Å². The highest BCUT2D eigenvalue weighted by Gasteiger charge is 1.95. The van der Waals surface area contributed by atoms with E-state index in [9.17, 15) is 0 Å². The molecule has 0 saturated carbocycles. The maximum absolute atomic E-state index is 5.37. The minimum absolute atomic E-state index is 0.803. The predicted octanol–water partition coefficient (Wildman–Crippen LogP) is 3.04. The Bertz CT molecular complexity index is 242. The van der Waals surface area contributed by atoms with Crippen molar-refractivity contribution in [1.82, 2.24) is 4.84 Å². The zero-order valence-corrected chi connectivity index (χ0v) is 9.24. The molecule has 0 bridgehead atoms. The summed E-state index contributed by atoms with van der Waals surface area (Å²) in [6.45, 7) is 2.89. The average Bonchev–Trinajstić information content (AvgIpc) is 1.99. The Morgan fingerprint density at radius 1 is 1.42 bits per heavy atom. The SMILES string of the molecule is Cc1cc(Br)cc(CCNCl)c1. The summed E-state index contributed by atoms with van der Waals surface area (Å²) in [6, 6.07) is 6.37. The van der Waals surface area contributed by atoms with Gasteiger partial charge in [-0.05, 0) is 48.4 Å². The summed E-state index contributed by atoms with van der Waals surface area (Å²) in [5.74, 6) is 0. The molecule has 0 aliphatic carbocycles. The third kappa shape index (κ3) is 3.13. The average molecular weight is 249 g/mol.